The summed E-state index contributed by atoms with van der Waals surface area (Å²) < 4.78 is 36.7. The number of pyridine rings is 1. The van der Waals surface area contributed by atoms with Crippen LogP contribution >= 0.6 is 0 Å². The van der Waals surface area contributed by atoms with Gasteiger partial charge in [-0.1, -0.05) is 36.4 Å². The summed E-state index contributed by atoms with van der Waals surface area (Å²) in [4.78, 5) is 12.3. The van der Waals surface area contributed by atoms with Gasteiger partial charge < -0.3 is 33.6 Å². The monoisotopic (exact) mass is 646 g/mol. The summed E-state index contributed by atoms with van der Waals surface area (Å²) in [6.07, 6.45) is 8.78. The molecular formula is C38H51FN4O4. The molecule has 0 N–H and O–H groups in total. The molecule has 6 rings (SSSR count). The molecule has 8 nitrogen and oxygen atoms in total. The van der Waals surface area contributed by atoms with E-state index in [0.29, 0.717) is 64.2 Å². The van der Waals surface area contributed by atoms with Crippen molar-refractivity contribution < 1.29 is 23.3 Å². The van der Waals surface area contributed by atoms with Crippen molar-refractivity contribution in [2.45, 2.75) is 57.2 Å². The molecule has 254 valence electrons. The van der Waals surface area contributed by atoms with Crippen LogP contribution in [0, 0.1) is 11.7 Å². The lowest BCUT2D eigenvalue weighted by molar-refractivity contribution is -0.00539. The van der Waals surface area contributed by atoms with Gasteiger partial charge in [0.2, 0.25) is 0 Å². The zero-order valence-electron chi connectivity index (χ0n) is 27.7. The third kappa shape index (κ3) is 9.66. The van der Waals surface area contributed by atoms with Gasteiger partial charge in [-0.25, -0.2) is 9.37 Å². The molecule has 0 unspecified atom stereocenters. The highest BCUT2D eigenvalue weighted by molar-refractivity contribution is 5.58. The first-order valence-electron chi connectivity index (χ1n) is 17.6. The topological polar surface area (TPSA) is 59.5 Å². The smallest absolute Gasteiger partial charge is 0.130 e. The molecule has 9 heteroatoms. The van der Waals surface area contributed by atoms with Gasteiger partial charge in [-0.15, -0.1) is 0 Å². The summed E-state index contributed by atoms with van der Waals surface area (Å²) in [5, 5.41) is 0. The van der Waals surface area contributed by atoms with Gasteiger partial charge in [0.15, 0.2) is 0 Å². The van der Waals surface area contributed by atoms with E-state index in [1.54, 1.807) is 6.07 Å². The Morgan fingerprint density at radius 2 is 1.36 bits per heavy atom. The van der Waals surface area contributed by atoms with Crippen LogP contribution in [0.25, 0.3) is 0 Å². The fraction of sp³-hybridized carbons (Fsp3) is 0.553. The van der Waals surface area contributed by atoms with Crippen LogP contribution in [0.2, 0.25) is 0 Å². The lowest BCUT2D eigenvalue weighted by Crippen LogP contribution is -2.50. The number of nitrogens with zero attached hydrogens (tertiary/aromatic N) is 4. The Kier molecular flexibility index (Phi) is 12.7. The molecule has 2 atom stereocenters. The van der Waals surface area contributed by atoms with Gasteiger partial charge in [-0.3, -0.25) is 0 Å². The fourth-order valence-corrected chi connectivity index (χ4v) is 7.36. The molecule has 3 aromatic rings. The maximum atomic E-state index is 14.0. The van der Waals surface area contributed by atoms with Crippen molar-refractivity contribution in [3.05, 3.63) is 84.3 Å². The van der Waals surface area contributed by atoms with Crippen molar-refractivity contribution in [3.8, 4) is 0 Å². The summed E-state index contributed by atoms with van der Waals surface area (Å²) in [6.45, 7) is 9.02. The zero-order valence-corrected chi connectivity index (χ0v) is 27.7. The lowest BCUT2D eigenvalue weighted by Gasteiger charge is -2.41. The van der Waals surface area contributed by atoms with Gasteiger partial charge in [-0.05, 0) is 74.3 Å². The molecule has 0 bridgehead atoms. The second kappa shape index (κ2) is 17.8. The highest BCUT2D eigenvalue weighted by Gasteiger charge is 2.41. The molecule has 0 saturated carbocycles. The summed E-state index contributed by atoms with van der Waals surface area (Å²) in [7, 11) is 0. The quantitative estimate of drug-likeness (QED) is 0.158. The fourth-order valence-electron chi connectivity index (χ4n) is 7.36. The molecule has 0 radical (unpaired) electrons. The standard InChI is InChI=1S/C38H51FN4O4/c39-33-8-4-9-35(28-33)42-17-5-10-36-37(42)14-20-43(36)38-29-34(11-16-40-38)41-18-12-31(13-19-41)15-21-44-22-23-45-24-25-46-26-27-47-30-32-6-2-1-3-7-32/h1-4,6-9,11,16,28-29,31,36-37H,5,10,12-15,17-27,30H2/t36-,37-/m1/s1. The predicted molar refractivity (Wildman–Crippen MR) is 185 cm³/mol. The molecule has 3 aliphatic rings. The van der Waals surface area contributed by atoms with Crippen molar-refractivity contribution in [1.82, 2.24) is 4.98 Å². The van der Waals surface area contributed by atoms with Gasteiger partial charge in [0.05, 0.1) is 58.3 Å². The lowest BCUT2D eigenvalue weighted by atomic mass is 9.93. The van der Waals surface area contributed by atoms with Crippen LogP contribution in [0.5, 0.6) is 0 Å². The van der Waals surface area contributed by atoms with Gasteiger partial charge >= 0.3 is 0 Å². The Labute approximate surface area is 279 Å². The van der Waals surface area contributed by atoms with Crippen LogP contribution in [-0.2, 0) is 25.6 Å². The van der Waals surface area contributed by atoms with E-state index < -0.39 is 0 Å². The third-order valence-corrected chi connectivity index (χ3v) is 9.85. The Morgan fingerprint density at radius 1 is 0.638 bits per heavy atom. The minimum absolute atomic E-state index is 0.162. The summed E-state index contributed by atoms with van der Waals surface area (Å²) >= 11 is 0. The zero-order chi connectivity index (χ0) is 32.1. The number of anilines is 3. The summed E-state index contributed by atoms with van der Waals surface area (Å²) in [5.41, 5.74) is 3.45. The van der Waals surface area contributed by atoms with E-state index in [1.807, 2.05) is 36.5 Å². The number of halogens is 1. The van der Waals surface area contributed by atoms with Crippen LogP contribution in [0.1, 0.15) is 44.1 Å². The SMILES string of the molecule is Fc1cccc(N2CCC[C@@H]3[C@H]2CCN3c2cc(N3CCC(CCOCCOCCOCCOCc4ccccc4)CC3)ccn2)c1. The van der Waals surface area contributed by atoms with Crippen LogP contribution in [0.15, 0.2) is 72.9 Å². The van der Waals surface area contributed by atoms with Crippen LogP contribution in [0.4, 0.5) is 21.6 Å². The van der Waals surface area contributed by atoms with Crippen molar-refractivity contribution in [2.24, 2.45) is 5.92 Å². The minimum Gasteiger partial charge on any atom is -0.379 e. The molecule has 0 spiro atoms. The number of fused-ring (bicyclic) bond motifs is 1. The first kappa shape index (κ1) is 33.7. The van der Waals surface area contributed by atoms with Crippen molar-refractivity contribution in [3.63, 3.8) is 0 Å². The molecule has 3 fully saturated rings. The molecule has 4 heterocycles. The average Bonchev–Trinajstić information content (AvgIpc) is 3.56. The molecular weight excluding hydrogens is 595 g/mol. The number of piperidine rings is 2. The van der Waals surface area contributed by atoms with Crippen molar-refractivity contribution in [1.29, 1.82) is 0 Å². The molecule has 2 aromatic carbocycles. The first-order chi connectivity index (χ1) is 23.2. The maximum absolute atomic E-state index is 14.0. The number of hydrogen-bond donors (Lipinski definition) is 0. The molecule has 1 aromatic heterocycles. The van der Waals surface area contributed by atoms with E-state index in [2.05, 4.69) is 39.0 Å². The Balaban J connectivity index is 0.829. The number of ether oxygens (including phenoxy) is 4. The number of benzene rings is 2. The average molecular weight is 647 g/mol. The Bertz CT molecular complexity index is 1340. The van der Waals surface area contributed by atoms with Crippen molar-refractivity contribution in [2.75, 3.05) is 87.1 Å². The van der Waals surface area contributed by atoms with E-state index in [-0.39, 0.29) is 5.82 Å². The normalized spacial score (nSPS) is 20.1. The van der Waals surface area contributed by atoms with E-state index in [0.717, 1.165) is 70.0 Å². The van der Waals surface area contributed by atoms with Crippen LogP contribution < -0.4 is 14.7 Å². The van der Waals surface area contributed by atoms with Gasteiger partial charge in [0.25, 0.3) is 0 Å². The first-order valence-corrected chi connectivity index (χ1v) is 17.6. The molecule has 47 heavy (non-hydrogen) atoms. The Hall–Kier alpha value is -3.24. The van der Waals surface area contributed by atoms with E-state index in [1.165, 1.54) is 30.2 Å². The van der Waals surface area contributed by atoms with E-state index in [9.17, 15) is 4.39 Å². The molecule has 3 aliphatic heterocycles. The van der Waals surface area contributed by atoms with Crippen LogP contribution in [-0.4, -0.2) is 89.5 Å². The summed E-state index contributed by atoms with van der Waals surface area (Å²) in [6, 6.07) is 22.5. The number of hydrogen-bond acceptors (Lipinski definition) is 8. The second-order valence-electron chi connectivity index (χ2n) is 12.9. The predicted octanol–water partition coefficient (Wildman–Crippen LogP) is 6.34. The van der Waals surface area contributed by atoms with Gasteiger partial charge in [0, 0.05) is 56.4 Å². The molecule has 3 saturated heterocycles. The second-order valence-corrected chi connectivity index (χ2v) is 12.9. The molecule has 0 aliphatic carbocycles. The number of rotatable bonds is 17. The van der Waals surface area contributed by atoms with E-state index >= 15 is 0 Å². The third-order valence-electron chi connectivity index (χ3n) is 9.85. The summed E-state index contributed by atoms with van der Waals surface area (Å²) in [5.74, 6) is 1.61. The van der Waals surface area contributed by atoms with E-state index in [4.69, 9.17) is 23.9 Å². The molecule has 0 amide bonds. The highest BCUT2D eigenvalue weighted by Crippen LogP contribution is 2.37. The van der Waals surface area contributed by atoms with Gasteiger partial charge in [0.1, 0.15) is 11.6 Å². The minimum atomic E-state index is -0.162. The highest BCUT2D eigenvalue weighted by atomic mass is 19.1. The van der Waals surface area contributed by atoms with Crippen LogP contribution in [0.3, 0.4) is 0 Å². The Morgan fingerprint density at radius 3 is 2.13 bits per heavy atom. The number of aromatic nitrogens is 1. The van der Waals surface area contributed by atoms with Gasteiger partial charge in [-0.2, -0.15) is 0 Å². The maximum Gasteiger partial charge on any atom is 0.130 e. The largest absolute Gasteiger partial charge is 0.379 e. The van der Waals surface area contributed by atoms with Crippen molar-refractivity contribution >= 4 is 17.2 Å².